The average Bonchev–Trinajstić information content (AvgIpc) is 2.65. The number of anilines is 1. The van der Waals surface area contributed by atoms with Crippen LogP contribution in [0.25, 0.3) is 0 Å². The topological polar surface area (TPSA) is 71.5 Å². The molecule has 2 N–H and O–H groups in total. The van der Waals surface area contributed by atoms with Gasteiger partial charge < -0.3 is 15.2 Å². The van der Waals surface area contributed by atoms with E-state index in [9.17, 15) is 4.79 Å². The Morgan fingerprint density at radius 2 is 2.53 bits per heavy atom. The highest BCUT2D eigenvalue weighted by Gasteiger charge is 1.99. The van der Waals surface area contributed by atoms with Crippen LogP contribution in [0.2, 0.25) is 0 Å². The SMILES string of the molecule is CCc1csc(NCCOCC(=O)O)n1. The molecule has 1 heterocycles. The number of aryl methyl sites for hydroxylation is 1. The van der Waals surface area contributed by atoms with Gasteiger partial charge in [-0.25, -0.2) is 9.78 Å². The minimum absolute atomic E-state index is 0.250. The minimum atomic E-state index is -0.947. The molecule has 0 aliphatic heterocycles. The monoisotopic (exact) mass is 230 g/mol. The van der Waals surface area contributed by atoms with Crippen molar-refractivity contribution in [3.05, 3.63) is 11.1 Å². The number of thiazole rings is 1. The lowest BCUT2D eigenvalue weighted by atomic mass is 10.4. The van der Waals surface area contributed by atoms with Gasteiger partial charge in [0.1, 0.15) is 6.61 Å². The number of rotatable bonds is 7. The van der Waals surface area contributed by atoms with E-state index >= 15 is 0 Å². The lowest BCUT2D eigenvalue weighted by Gasteiger charge is -2.02. The van der Waals surface area contributed by atoms with E-state index in [1.165, 1.54) is 0 Å². The van der Waals surface area contributed by atoms with Gasteiger partial charge in [-0.05, 0) is 6.42 Å². The highest BCUT2D eigenvalue weighted by molar-refractivity contribution is 7.13. The third-order valence-corrected chi connectivity index (χ3v) is 2.51. The van der Waals surface area contributed by atoms with Crippen molar-refractivity contribution in [3.63, 3.8) is 0 Å². The first-order chi connectivity index (χ1) is 7.22. The molecule has 0 aromatic carbocycles. The average molecular weight is 230 g/mol. The smallest absolute Gasteiger partial charge is 0.329 e. The summed E-state index contributed by atoms with van der Waals surface area (Å²) in [6.45, 7) is 2.74. The quantitative estimate of drug-likeness (QED) is 0.689. The highest BCUT2D eigenvalue weighted by Crippen LogP contribution is 2.14. The Bertz CT molecular complexity index is 314. The molecule has 0 spiro atoms. The van der Waals surface area contributed by atoms with Crippen LogP contribution in [0.4, 0.5) is 5.13 Å². The fourth-order valence-corrected chi connectivity index (χ4v) is 1.76. The van der Waals surface area contributed by atoms with E-state index in [1.807, 2.05) is 5.38 Å². The van der Waals surface area contributed by atoms with Gasteiger partial charge in [-0.2, -0.15) is 0 Å². The van der Waals surface area contributed by atoms with Crippen LogP contribution >= 0.6 is 11.3 Å². The summed E-state index contributed by atoms with van der Waals surface area (Å²) in [5.74, 6) is -0.947. The molecule has 0 fully saturated rings. The largest absolute Gasteiger partial charge is 0.480 e. The summed E-state index contributed by atoms with van der Waals surface area (Å²) < 4.78 is 4.86. The van der Waals surface area contributed by atoms with Crippen LogP contribution in [0, 0.1) is 0 Å². The maximum absolute atomic E-state index is 10.1. The van der Waals surface area contributed by atoms with E-state index < -0.39 is 5.97 Å². The van der Waals surface area contributed by atoms with Gasteiger partial charge in [-0.3, -0.25) is 0 Å². The zero-order chi connectivity index (χ0) is 11.1. The molecular weight excluding hydrogens is 216 g/mol. The molecule has 0 aliphatic rings. The molecule has 84 valence electrons. The third kappa shape index (κ3) is 4.75. The third-order valence-electron chi connectivity index (χ3n) is 1.66. The number of aromatic nitrogens is 1. The standard InChI is InChI=1S/C9H14N2O3S/c1-2-7-6-15-9(11-7)10-3-4-14-5-8(12)13/h6H,2-5H2,1H3,(H,10,11)(H,12,13). The van der Waals surface area contributed by atoms with Crippen molar-refractivity contribution in [2.45, 2.75) is 13.3 Å². The Kier molecular flexibility index (Phi) is 5.06. The summed E-state index contributed by atoms with van der Waals surface area (Å²) in [6.07, 6.45) is 0.924. The maximum atomic E-state index is 10.1. The number of carboxylic acid groups (broad SMARTS) is 1. The molecule has 15 heavy (non-hydrogen) atoms. The molecule has 1 aromatic rings. The summed E-state index contributed by atoms with van der Waals surface area (Å²) in [5, 5.41) is 14.2. The van der Waals surface area contributed by atoms with Gasteiger partial charge >= 0.3 is 5.97 Å². The van der Waals surface area contributed by atoms with Gasteiger partial charge in [0.2, 0.25) is 0 Å². The second-order valence-corrected chi connectivity index (χ2v) is 3.73. The lowest BCUT2D eigenvalue weighted by molar-refractivity contribution is -0.142. The number of aliphatic carboxylic acids is 1. The maximum Gasteiger partial charge on any atom is 0.329 e. The van der Waals surface area contributed by atoms with Crippen molar-refractivity contribution in [1.29, 1.82) is 0 Å². The van der Waals surface area contributed by atoms with Crippen LogP contribution in [0.3, 0.4) is 0 Å². The number of hydrogen-bond acceptors (Lipinski definition) is 5. The molecule has 0 saturated heterocycles. The van der Waals surface area contributed by atoms with Crippen LogP contribution < -0.4 is 5.32 Å². The fourth-order valence-electron chi connectivity index (χ4n) is 0.940. The minimum Gasteiger partial charge on any atom is -0.480 e. The predicted octanol–water partition coefficient (Wildman–Crippen LogP) is 1.22. The van der Waals surface area contributed by atoms with Gasteiger partial charge in [0.15, 0.2) is 5.13 Å². The number of ether oxygens (including phenoxy) is 1. The van der Waals surface area contributed by atoms with E-state index in [2.05, 4.69) is 17.2 Å². The van der Waals surface area contributed by atoms with Crippen molar-refractivity contribution in [1.82, 2.24) is 4.98 Å². The predicted molar refractivity (Wildman–Crippen MR) is 58.4 cm³/mol. The first-order valence-corrected chi connectivity index (χ1v) is 5.58. The van der Waals surface area contributed by atoms with Crippen molar-refractivity contribution in [2.75, 3.05) is 25.1 Å². The van der Waals surface area contributed by atoms with Crippen LogP contribution in [-0.4, -0.2) is 35.8 Å². The molecule has 0 atom stereocenters. The van der Waals surface area contributed by atoms with Crippen LogP contribution in [0.1, 0.15) is 12.6 Å². The number of carboxylic acids is 1. The molecule has 0 unspecified atom stereocenters. The van der Waals surface area contributed by atoms with Gasteiger partial charge in [-0.15, -0.1) is 11.3 Å². The van der Waals surface area contributed by atoms with Gasteiger partial charge in [-0.1, -0.05) is 6.92 Å². The fraction of sp³-hybridized carbons (Fsp3) is 0.556. The summed E-state index contributed by atoms with van der Waals surface area (Å²) in [7, 11) is 0. The number of hydrogen-bond donors (Lipinski definition) is 2. The molecule has 5 nitrogen and oxygen atoms in total. The van der Waals surface area contributed by atoms with Gasteiger partial charge in [0.05, 0.1) is 12.3 Å². The molecular formula is C9H14N2O3S. The Balaban J connectivity index is 2.12. The van der Waals surface area contributed by atoms with Crippen LogP contribution in [0.15, 0.2) is 5.38 Å². The summed E-state index contributed by atoms with van der Waals surface area (Å²) >= 11 is 1.54. The lowest BCUT2D eigenvalue weighted by Crippen LogP contribution is -2.13. The second-order valence-electron chi connectivity index (χ2n) is 2.87. The molecule has 0 aliphatic carbocycles. The van der Waals surface area contributed by atoms with E-state index in [0.717, 1.165) is 17.2 Å². The zero-order valence-electron chi connectivity index (χ0n) is 8.52. The molecule has 0 radical (unpaired) electrons. The summed E-state index contributed by atoms with van der Waals surface area (Å²) in [6, 6.07) is 0. The molecule has 0 saturated carbocycles. The Morgan fingerprint density at radius 3 is 3.13 bits per heavy atom. The summed E-state index contributed by atoms with van der Waals surface area (Å²) in [5.41, 5.74) is 1.06. The van der Waals surface area contributed by atoms with Crippen LogP contribution in [-0.2, 0) is 16.0 Å². The molecule has 1 aromatic heterocycles. The van der Waals surface area contributed by atoms with Crippen molar-refractivity contribution in [3.8, 4) is 0 Å². The zero-order valence-corrected chi connectivity index (χ0v) is 9.34. The molecule has 0 amide bonds. The van der Waals surface area contributed by atoms with Crippen molar-refractivity contribution >= 4 is 22.4 Å². The molecule has 0 bridgehead atoms. The second kappa shape index (κ2) is 6.36. The first-order valence-electron chi connectivity index (χ1n) is 4.70. The van der Waals surface area contributed by atoms with Crippen LogP contribution in [0.5, 0.6) is 0 Å². The molecule has 1 rings (SSSR count). The van der Waals surface area contributed by atoms with Gasteiger partial charge in [0, 0.05) is 11.9 Å². The van der Waals surface area contributed by atoms with E-state index in [4.69, 9.17) is 9.84 Å². The Labute approximate surface area is 92.1 Å². The van der Waals surface area contributed by atoms with E-state index in [0.29, 0.717) is 13.2 Å². The number of nitrogens with one attached hydrogen (secondary N) is 1. The highest BCUT2D eigenvalue weighted by atomic mass is 32.1. The molecule has 6 heteroatoms. The number of nitrogens with zero attached hydrogens (tertiary/aromatic N) is 1. The first kappa shape index (κ1) is 11.9. The van der Waals surface area contributed by atoms with E-state index in [1.54, 1.807) is 11.3 Å². The summed E-state index contributed by atoms with van der Waals surface area (Å²) in [4.78, 5) is 14.4. The van der Waals surface area contributed by atoms with Crippen molar-refractivity contribution in [2.24, 2.45) is 0 Å². The van der Waals surface area contributed by atoms with E-state index in [-0.39, 0.29) is 6.61 Å². The normalized spacial score (nSPS) is 10.2. The van der Waals surface area contributed by atoms with Crippen molar-refractivity contribution < 1.29 is 14.6 Å². The Hall–Kier alpha value is -1.14. The van der Waals surface area contributed by atoms with Gasteiger partial charge in [0.25, 0.3) is 0 Å². The number of carbonyl (C=O) groups is 1. The Morgan fingerprint density at radius 1 is 1.73 bits per heavy atom.